The zero-order valence-electron chi connectivity index (χ0n) is 10.2. The zero-order chi connectivity index (χ0) is 13.3. The van der Waals surface area contributed by atoms with Crippen LogP contribution in [0.1, 0.15) is 33.6 Å². The Morgan fingerprint density at radius 2 is 2.00 bits per heavy atom. The number of rotatable bonds is 2. The number of nitrogens with zero attached hydrogens (tertiary/aromatic N) is 1. The Kier molecular flexibility index (Phi) is 3.74. The van der Waals surface area contributed by atoms with Crippen molar-refractivity contribution in [3.63, 3.8) is 0 Å². The lowest BCUT2D eigenvalue weighted by Crippen LogP contribution is -2.49. The molecule has 1 heterocycles. The number of hydrogen-bond acceptors (Lipinski definition) is 3. The molecule has 0 radical (unpaired) electrons. The number of aldehydes is 1. The molecule has 1 unspecified atom stereocenters. The van der Waals surface area contributed by atoms with Crippen LogP contribution in [-0.4, -0.2) is 41.4 Å². The SMILES string of the molecule is CC(C)(C)OC(=O)N1CCCC1C(F)(F)C=O. The molecule has 1 fully saturated rings. The third-order valence-corrected chi connectivity index (χ3v) is 2.48. The van der Waals surface area contributed by atoms with Crippen molar-refractivity contribution >= 4 is 12.4 Å². The molecule has 1 amide bonds. The minimum absolute atomic E-state index is 0.116. The number of likely N-dealkylation sites (tertiary alicyclic amines) is 1. The smallest absolute Gasteiger partial charge is 0.410 e. The summed E-state index contributed by atoms with van der Waals surface area (Å²) in [6.45, 7) is 5.18. The van der Waals surface area contributed by atoms with E-state index in [1.807, 2.05) is 0 Å². The summed E-state index contributed by atoms with van der Waals surface area (Å²) in [6, 6.07) is -1.38. The molecular formula is C11H17F2NO3. The molecule has 0 saturated carbocycles. The molecule has 98 valence electrons. The van der Waals surface area contributed by atoms with E-state index in [-0.39, 0.29) is 13.0 Å². The fraction of sp³-hybridized carbons (Fsp3) is 0.818. The summed E-state index contributed by atoms with van der Waals surface area (Å²) >= 11 is 0. The topological polar surface area (TPSA) is 46.6 Å². The first-order valence-corrected chi connectivity index (χ1v) is 5.51. The Hall–Kier alpha value is -1.20. The van der Waals surface area contributed by atoms with Crippen LogP contribution in [-0.2, 0) is 9.53 Å². The fourth-order valence-electron chi connectivity index (χ4n) is 1.78. The molecule has 0 aliphatic carbocycles. The highest BCUT2D eigenvalue weighted by Crippen LogP contribution is 2.31. The first-order chi connectivity index (χ1) is 7.67. The van der Waals surface area contributed by atoms with Crippen molar-refractivity contribution in [2.24, 2.45) is 0 Å². The molecule has 1 aliphatic heterocycles. The van der Waals surface area contributed by atoms with Crippen molar-refractivity contribution in [2.75, 3.05) is 6.54 Å². The summed E-state index contributed by atoms with van der Waals surface area (Å²) in [4.78, 5) is 23.0. The minimum Gasteiger partial charge on any atom is -0.444 e. The van der Waals surface area contributed by atoms with E-state index in [0.717, 1.165) is 4.90 Å². The highest BCUT2D eigenvalue weighted by atomic mass is 19.3. The quantitative estimate of drug-likeness (QED) is 0.705. The number of alkyl halides is 2. The van der Waals surface area contributed by atoms with Crippen LogP contribution in [0, 0.1) is 0 Å². The molecule has 6 heteroatoms. The summed E-state index contributed by atoms with van der Waals surface area (Å²) in [5, 5.41) is 0. The van der Waals surface area contributed by atoms with Crippen LogP contribution in [0.4, 0.5) is 13.6 Å². The molecule has 1 atom stereocenters. The van der Waals surface area contributed by atoms with Gasteiger partial charge in [0.25, 0.3) is 0 Å². The van der Waals surface area contributed by atoms with Crippen LogP contribution in [0.25, 0.3) is 0 Å². The van der Waals surface area contributed by atoms with Crippen molar-refractivity contribution < 1.29 is 23.1 Å². The molecular weight excluding hydrogens is 232 g/mol. The van der Waals surface area contributed by atoms with Gasteiger partial charge >= 0.3 is 12.0 Å². The first-order valence-electron chi connectivity index (χ1n) is 5.51. The van der Waals surface area contributed by atoms with E-state index >= 15 is 0 Å². The van der Waals surface area contributed by atoms with Gasteiger partial charge in [0.05, 0.1) is 0 Å². The van der Waals surface area contributed by atoms with Gasteiger partial charge in [0.2, 0.25) is 0 Å². The van der Waals surface area contributed by atoms with Crippen LogP contribution in [0.2, 0.25) is 0 Å². The summed E-state index contributed by atoms with van der Waals surface area (Å²) in [5.74, 6) is -3.51. The van der Waals surface area contributed by atoms with Gasteiger partial charge in [0, 0.05) is 6.54 Å². The Bertz CT molecular complexity index is 312. The van der Waals surface area contributed by atoms with Gasteiger partial charge in [0.15, 0.2) is 6.29 Å². The maximum atomic E-state index is 13.3. The number of carbonyl (C=O) groups excluding carboxylic acids is 2. The number of carbonyl (C=O) groups is 2. The summed E-state index contributed by atoms with van der Waals surface area (Å²) in [6.07, 6.45) is -0.625. The van der Waals surface area contributed by atoms with Crippen LogP contribution in [0.15, 0.2) is 0 Å². The van der Waals surface area contributed by atoms with Crippen molar-refractivity contribution in [2.45, 2.75) is 51.2 Å². The second kappa shape index (κ2) is 4.58. The van der Waals surface area contributed by atoms with E-state index in [1.54, 1.807) is 20.8 Å². The number of ether oxygens (including phenoxy) is 1. The molecule has 0 N–H and O–H groups in total. The van der Waals surface area contributed by atoms with E-state index in [2.05, 4.69) is 0 Å². The maximum absolute atomic E-state index is 13.3. The molecule has 17 heavy (non-hydrogen) atoms. The van der Waals surface area contributed by atoms with Crippen LogP contribution >= 0.6 is 0 Å². The Balaban J connectivity index is 2.76. The van der Waals surface area contributed by atoms with Crippen LogP contribution in [0.5, 0.6) is 0 Å². The van der Waals surface area contributed by atoms with E-state index in [9.17, 15) is 18.4 Å². The second-order valence-corrected chi connectivity index (χ2v) is 5.12. The van der Waals surface area contributed by atoms with Crippen LogP contribution in [0.3, 0.4) is 0 Å². The van der Waals surface area contributed by atoms with Gasteiger partial charge in [-0.15, -0.1) is 0 Å². The Morgan fingerprint density at radius 3 is 2.47 bits per heavy atom. The standard InChI is InChI=1S/C11H17F2NO3/c1-10(2,3)17-9(16)14-6-4-5-8(14)11(12,13)7-15/h7-8H,4-6H2,1-3H3. The third kappa shape index (κ3) is 3.38. The minimum atomic E-state index is -3.51. The largest absolute Gasteiger partial charge is 0.444 e. The zero-order valence-corrected chi connectivity index (χ0v) is 10.2. The average Bonchev–Trinajstić information content (AvgIpc) is 2.63. The van der Waals surface area contributed by atoms with Crippen molar-refractivity contribution in [1.82, 2.24) is 4.90 Å². The molecule has 0 bridgehead atoms. The molecule has 4 nitrogen and oxygen atoms in total. The second-order valence-electron chi connectivity index (χ2n) is 5.12. The van der Waals surface area contributed by atoms with Gasteiger partial charge in [-0.1, -0.05) is 0 Å². The molecule has 0 aromatic heterocycles. The first kappa shape index (κ1) is 13.9. The van der Waals surface area contributed by atoms with E-state index in [4.69, 9.17) is 4.74 Å². The normalized spacial score (nSPS) is 21.5. The van der Waals surface area contributed by atoms with E-state index in [1.165, 1.54) is 0 Å². The lowest BCUT2D eigenvalue weighted by atomic mass is 10.1. The average molecular weight is 249 g/mol. The van der Waals surface area contributed by atoms with Gasteiger partial charge in [-0.25, -0.2) is 4.79 Å². The summed E-state index contributed by atoms with van der Waals surface area (Å²) in [5.41, 5.74) is -0.735. The maximum Gasteiger partial charge on any atom is 0.410 e. The summed E-state index contributed by atoms with van der Waals surface area (Å²) in [7, 11) is 0. The Labute approximate surface area is 98.9 Å². The highest BCUT2D eigenvalue weighted by molar-refractivity contribution is 5.71. The lowest BCUT2D eigenvalue weighted by Gasteiger charge is -2.30. The molecule has 0 aromatic rings. The van der Waals surface area contributed by atoms with Gasteiger partial charge in [-0.3, -0.25) is 9.69 Å². The van der Waals surface area contributed by atoms with Gasteiger partial charge < -0.3 is 4.74 Å². The number of amides is 1. The van der Waals surface area contributed by atoms with Crippen molar-refractivity contribution in [3.8, 4) is 0 Å². The fourth-order valence-corrected chi connectivity index (χ4v) is 1.78. The van der Waals surface area contributed by atoms with E-state index in [0.29, 0.717) is 6.42 Å². The predicted octanol–water partition coefficient (Wildman–Crippen LogP) is 2.22. The highest BCUT2D eigenvalue weighted by Gasteiger charge is 2.48. The van der Waals surface area contributed by atoms with Crippen LogP contribution < -0.4 is 0 Å². The van der Waals surface area contributed by atoms with E-state index < -0.39 is 29.9 Å². The Morgan fingerprint density at radius 1 is 1.41 bits per heavy atom. The van der Waals surface area contributed by atoms with Crippen molar-refractivity contribution in [3.05, 3.63) is 0 Å². The van der Waals surface area contributed by atoms with Gasteiger partial charge in [-0.2, -0.15) is 8.78 Å². The monoisotopic (exact) mass is 249 g/mol. The molecule has 1 rings (SSSR count). The van der Waals surface area contributed by atoms with Gasteiger partial charge in [0.1, 0.15) is 11.6 Å². The molecule has 0 aromatic carbocycles. The predicted molar refractivity (Wildman–Crippen MR) is 57.0 cm³/mol. The number of hydrogen-bond donors (Lipinski definition) is 0. The van der Waals surface area contributed by atoms with Gasteiger partial charge in [-0.05, 0) is 33.6 Å². The summed E-state index contributed by atoms with van der Waals surface area (Å²) < 4.78 is 31.6. The number of halogens is 2. The lowest BCUT2D eigenvalue weighted by molar-refractivity contribution is -0.137. The molecule has 1 aliphatic rings. The molecule has 1 saturated heterocycles. The molecule has 0 spiro atoms. The van der Waals surface area contributed by atoms with Crippen molar-refractivity contribution in [1.29, 1.82) is 0 Å². The third-order valence-electron chi connectivity index (χ3n) is 2.48.